The number of likely N-dealkylation sites (N-methyl/N-ethyl adjacent to an activating group) is 1. The largest absolute Gasteiger partial charge is 0.382 e. The summed E-state index contributed by atoms with van der Waals surface area (Å²) in [6, 6.07) is 0. The topological polar surface area (TPSA) is 24.8 Å². The minimum absolute atomic E-state index is 0. The van der Waals surface area contributed by atoms with Crippen molar-refractivity contribution in [3.8, 4) is 12.3 Å². The van der Waals surface area contributed by atoms with Gasteiger partial charge in [0.15, 0.2) is 6.61 Å². The highest BCUT2D eigenvalue weighted by atomic mass is 127. The summed E-state index contributed by atoms with van der Waals surface area (Å²) in [6.45, 7) is 2.98. The Morgan fingerprint density at radius 3 is 3.07 bits per heavy atom. The number of rotatable bonds is 3. The number of halogens is 1. The average Bonchev–Trinajstić information content (AvgIpc) is 2.18. The second-order valence-electron chi connectivity index (χ2n) is 3.10. The Labute approximate surface area is 108 Å². The van der Waals surface area contributed by atoms with E-state index in [4.69, 9.17) is 11.3 Å². The Bertz CT molecular complexity index is 326. The van der Waals surface area contributed by atoms with Gasteiger partial charge in [-0.3, -0.25) is 0 Å². The molecule has 0 amide bonds. The molecule has 0 aromatic carbocycles. The van der Waals surface area contributed by atoms with Crippen LogP contribution in [0.4, 0.5) is 0 Å². The van der Waals surface area contributed by atoms with Crippen molar-refractivity contribution in [2.75, 3.05) is 20.2 Å². The van der Waals surface area contributed by atoms with Crippen LogP contribution >= 0.6 is 24.0 Å². The lowest BCUT2D eigenvalue weighted by Gasteiger charge is -2.19. The molecule has 0 spiro atoms. The maximum atomic E-state index is 5.04. The smallest absolute Gasteiger partial charge is 0.177 e. The molecule has 0 aromatic heterocycles. The fourth-order valence-electron chi connectivity index (χ4n) is 1.14. The first-order valence-electron chi connectivity index (χ1n) is 4.42. The van der Waals surface area contributed by atoms with Crippen LogP contribution in [0.15, 0.2) is 29.1 Å². The fourth-order valence-corrected chi connectivity index (χ4v) is 1.14. The van der Waals surface area contributed by atoms with Crippen LogP contribution in [0, 0.1) is 12.3 Å². The molecule has 1 heterocycles. The molecular weight excluding hydrogens is 303 g/mol. The molecule has 3 nitrogen and oxygen atoms in total. The second kappa shape index (κ2) is 7.35. The van der Waals surface area contributed by atoms with Crippen LogP contribution in [0.3, 0.4) is 0 Å². The third kappa shape index (κ3) is 4.88. The monoisotopic (exact) mass is 318 g/mol. The van der Waals surface area contributed by atoms with Gasteiger partial charge in [0.2, 0.25) is 0 Å². The molecule has 4 heteroatoms. The normalized spacial score (nSPS) is 15.1. The average molecular weight is 318 g/mol. The van der Waals surface area contributed by atoms with Crippen LogP contribution in [0.2, 0.25) is 0 Å². The lowest BCUT2D eigenvalue weighted by atomic mass is 10.1. The first kappa shape index (κ1) is 14.0. The number of hydrogen-bond acceptors (Lipinski definition) is 3. The molecular formula is C11H15IN2O. The number of nitrogens with zero attached hydrogens (tertiary/aromatic N) is 2. The van der Waals surface area contributed by atoms with Crippen LogP contribution in [0.1, 0.15) is 6.92 Å². The predicted molar refractivity (Wildman–Crippen MR) is 73.2 cm³/mol. The molecule has 0 bridgehead atoms. The van der Waals surface area contributed by atoms with E-state index in [0.717, 1.165) is 17.8 Å². The number of hydrogen-bond donors (Lipinski definition) is 0. The highest BCUT2D eigenvalue weighted by Crippen LogP contribution is 2.07. The first-order chi connectivity index (χ1) is 6.74. The molecule has 0 aromatic rings. The summed E-state index contributed by atoms with van der Waals surface area (Å²) in [7, 11) is 2.01. The van der Waals surface area contributed by atoms with Crippen molar-refractivity contribution in [3.05, 3.63) is 23.9 Å². The molecule has 0 N–H and O–H groups in total. The SMILES string of the molecule is C#CCON=C(C)C1=CC=CN(C)C1.I. The molecule has 0 saturated carbocycles. The molecule has 0 radical (unpaired) electrons. The van der Waals surface area contributed by atoms with Gasteiger partial charge in [-0.25, -0.2) is 0 Å². The zero-order valence-corrected chi connectivity index (χ0v) is 11.3. The number of allylic oxidation sites excluding steroid dienone is 2. The van der Waals surface area contributed by atoms with E-state index < -0.39 is 0 Å². The summed E-state index contributed by atoms with van der Waals surface area (Å²) in [5.41, 5.74) is 2.02. The van der Waals surface area contributed by atoms with Gasteiger partial charge >= 0.3 is 0 Å². The Kier molecular flexibility index (Phi) is 6.88. The minimum atomic E-state index is 0. The summed E-state index contributed by atoms with van der Waals surface area (Å²) in [5, 5.41) is 3.92. The van der Waals surface area contributed by atoms with Crippen molar-refractivity contribution in [2.24, 2.45) is 5.16 Å². The molecule has 0 saturated heterocycles. The van der Waals surface area contributed by atoms with Crippen LogP contribution in [0.25, 0.3) is 0 Å². The van der Waals surface area contributed by atoms with Gasteiger partial charge in [-0.15, -0.1) is 30.4 Å². The van der Waals surface area contributed by atoms with Gasteiger partial charge in [-0.1, -0.05) is 17.2 Å². The lowest BCUT2D eigenvalue weighted by molar-refractivity contribution is 0.179. The first-order valence-corrected chi connectivity index (χ1v) is 4.42. The molecule has 0 atom stereocenters. The molecule has 1 rings (SSSR count). The van der Waals surface area contributed by atoms with E-state index in [1.165, 1.54) is 0 Å². The maximum absolute atomic E-state index is 5.04. The van der Waals surface area contributed by atoms with Crippen LogP contribution in [-0.4, -0.2) is 30.8 Å². The molecule has 15 heavy (non-hydrogen) atoms. The lowest BCUT2D eigenvalue weighted by Crippen LogP contribution is -2.20. The van der Waals surface area contributed by atoms with E-state index in [1.54, 1.807) is 0 Å². The van der Waals surface area contributed by atoms with E-state index >= 15 is 0 Å². The van der Waals surface area contributed by atoms with Crippen molar-refractivity contribution in [3.63, 3.8) is 0 Å². The van der Waals surface area contributed by atoms with Crippen molar-refractivity contribution in [1.82, 2.24) is 4.90 Å². The van der Waals surface area contributed by atoms with Crippen molar-refractivity contribution >= 4 is 29.7 Å². The van der Waals surface area contributed by atoms with Crippen molar-refractivity contribution in [2.45, 2.75) is 6.92 Å². The van der Waals surface area contributed by atoms with Gasteiger partial charge in [0, 0.05) is 13.6 Å². The van der Waals surface area contributed by atoms with Crippen LogP contribution < -0.4 is 0 Å². The summed E-state index contributed by atoms with van der Waals surface area (Å²) >= 11 is 0. The van der Waals surface area contributed by atoms with Crippen LogP contribution in [-0.2, 0) is 4.84 Å². The Hall–Kier alpha value is -0.960. The molecule has 82 valence electrons. The van der Waals surface area contributed by atoms with E-state index in [1.807, 2.05) is 32.3 Å². The van der Waals surface area contributed by atoms with E-state index in [0.29, 0.717) is 0 Å². The second-order valence-corrected chi connectivity index (χ2v) is 3.10. The molecule has 1 aliphatic rings. The fraction of sp³-hybridized carbons (Fsp3) is 0.364. The van der Waals surface area contributed by atoms with Crippen LogP contribution in [0.5, 0.6) is 0 Å². The Morgan fingerprint density at radius 2 is 2.47 bits per heavy atom. The maximum Gasteiger partial charge on any atom is 0.177 e. The van der Waals surface area contributed by atoms with Gasteiger partial charge in [0.1, 0.15) is 0 Å². The van der Waals surface area contributed by atoms with Gasteiger partial charge in [-0.05, 0) is 24.8 Å². The summed E-state index contributed by atoms with van der Waals surface area (Å²) in [6.07, 6.45) is 11.1. The zero-order chi connectivity index (χ0) is 10.4. The third-order valence-corrected chi connectivity index (χ3v) is 1.87. The summed E-state index contributed by atoms with van der Waals surface area (Å²) in [5.74, 6) is 2.36. The van der Waals surface area contributed by atoms with Gasteiger partial charge in [-0.2, -0.15) is 0 Å². The highest BCUT2D eigenvalue weighted by Gasteiger charge is 2.06. The number of terminal acetylenes is 1. The quantitative estimate of drug-likeness (QED) is 0.261. The zero-order valence-electron chi connectivity index (χ0n) is 8.93. The van der Waals surface area contributed by atoms with Gasteiger partial charge < -0.3 is 9.74 Å². The third-order valence-electron chi connectivity index (χ3n) is 1.87. The highest BCUT2D eigenvalue weighted by molar-refractivity contribution is 14.0. The minimum Gasteiger partial charge on any atom is -0.382 e. The van der Waals surface area contributed by atoms with E-state index in [-0.39, 0.29) is 30.6 Å². The van der Waals surface area contributed by atoms with Gasteiger partial charge in [0.25, 0.3) is 0 Å². The summed E-state index contributed by atoms with van der Waals surface area (Å²) in [4.78, 5) is 6.98. The molecule has 0 fully saturated rings. The Morgan fingerprint density at radius 1 is 1.73 bits per heavy atom. The molecule has 0 unspecified atom stereocenters. The Balaban J connectivity index is 0.00000196. The standard InChI is InChI=1S/C11H14N2O.HI/c1-4-8-14-12-10(2)11-6-5-7-13(3)9-11;/h1,5-7H,8-9H2,2-3H3;1H. The number of oxime groups is 1. The van der Waals surface area contributed by atoms with Crippen molar-refractivity contribution < 1.29 is 4.84 Å². The van der Waals surface area contributed by atoms with E-state index in [9.17, 15) is 0 Å². The van der Waals surface area contributed by atoms with E-state index in [2.05, 4.69) is 16.0 Å². The summed E-state index contributed by atoms with van der Waals surface area (Å²) < 4.78 is 0. The molecule has 0 aliphatic carbocycles. The van der Waals surface area contributed by atoms with Crippen molar-refractivity contribution in [1.29, 1.82) is 0 Å². The predicted octanol–water partition coefficient (Wildman–Crippen LogP) is 2.02. The molecule has 1 aliphatic heterocycles. The van der Waals surface area contributed by atoms with Gasteiger partial charge in [0.05, 0.1) is 5.71 Å².